The number of hydrogen-bond acceptors (Lipinski definition) is 2. The molecule has 2 nitrogen and oxygen atoms in total. The molecular formula is C20H21ClNO. The molecule has 1 aliphatic rings. The van der Waals surface area contributed by atoms with Crippen LogP contribution in [0.5, 0.6) is 0 Å². The van der Waals surface area contributed by atoms with Crippen molar-refractivity contribution < 1.29 is 4.84 Å². The van der Waals surface area contributed by atoms with Gasteiger partial charge in [-0.25, -0.2) is 0 Å². The number of benzene rings is 2. The molecule has 2 aromatic rings. The fraction of sp³-hybridized carbons (Fsp3) is 0.350. The van der Waals surface area contributed by atoms with Gasteiger partial charge >= 0.3 is 0 Å². The van der Waals surface area contributed by atoms with Crippen LogP contribution in [0.2, 0.25) is 5.02 Å². The van der Waals surface area contributed by atoms with Crippen molar-refractivity contribution in [1.29, 1.82) is 0 Å². The van der Waals surface area contributed by atoms with Gasteiger partial charge in [0.15, 0.2) is 0 Å². The van der Waals surface area contributed by atoms with E-state index in [4.69, 9.17) is 16.4 Å². The molecular weight excluding hydrogens is 306 g/mol. The molecule has 0 unspecified atom stereocenters. The molecule has 1 fully saturated rings. The number of nitrogens with zero attached hydrogens (tertiary/aromatic N) is 1. The summed E-state index contributed by atoms with van der Waals surface area (Å²) in [5.41, 5.74) is 3.32. The Morgan fingerprint density at radius 3 is 2.57 bits per heavy atom. The molecule has 23 heavy (non-hydrogen) atoms. The van der Waals surface area contributed by atoms with Gasteiger partial charge in [0.05, 0.1) is 0 Å². The van der Waals surface area contributed by atoms with Gasteiger partial charge < -0.3 is 4.84 Å². The van der Waals surface area contributed by atoms with Gasteiger partial charge in [0, 0.05) is 16.1 Å². The molecule has 1 saturated carbocycles. The van der Waals surface area contributed by atoms with E-state index in [1.165, 1.54) is 37.7 Å². The topological polar surface area (TPSA) is 21.6 Å². The second-order valence-electron chi connectivity index (χ2n) is 5.99. The third-order valence-corrected chi connectivity index (χ3v) is 4.78. The van der Waals surface area contributed by atoms with Crippen molar-refractivity contribution in [1.82, 2.24) is 0 Å². The largest absolute Gasteiger partial charge is 0.390 e. The Bertz CT molecular complexity index is 662. The first kappa shape index (κ1) is 16.1. The molecule has 3 heteroatoms. The van der Waals surface area contributed by atoms with Crippen LogP contribution in [0.3, 0.4) is 0 Å². The number of hydrogen-bond donors (Lipinski definition) is 0. The van der Waals surface area contributed by atoms with Crippen LogP contribution in [-0.4, -0.2) is 6.21 Å². The lowest BCUT2D eigenvalue weighted by Crippen LogP contribution is -2.07. The van der Waals surface area contributed by atoms with Crippen LogP contribution in [0, 0.1) is 0 Å². The molecule has 0 saturated heterocycles. The lowest BCUT2D eigenvalue weighted by atomic mass is 9.82. The van der Waals surface area contributed by atoms with Crippen LogP contribution in [0.1, 0.15) is 54.7 Å². The maximum atomic E-state index is 6.10. The van der Waals surface area contributed by atoms with E-state index in [-0.39, 0.29) is 0 Å². The van der Waals surface area contributed by atoms with Gasteiger partial charge in [-0.15, -0.1) is 0 Å². The van der Waals surface area contributed by atoms with Gasteiger partial charge in [-0.3, -0.25) is 0 Å². The Morgan fingerprint density at radius 1 is 1.00 bits per heavy atom. The first-order valence-electron chi connectivity index (χ1n) is 8.25. The zero-order valence-corrected chi connectivity index (χ0v) is 13.9. The molecule has 1 radical (unpaired) electrons. The number of halogens is 1. The Labute approximate surface area is 143 Å². The van der Waals surface area contributed by atoms with E-state index in [1.807, 2.05) is 30.3 Å². The maximum absolute atomic E-state index is 6.10. The quantitative estimate of drug-likeness (QED) is 0.501. The van der Waals surface area contributed by atoms with Crippen LogP contribution in [0.25, 0.3) is 0 Å². The van der Waals surface area contributed by atoms with Gasteiger partial charge in [0.1, 0.15) is 12.8 Å². The van der Waals surface area contributed by atoms with Gasteiger partial charge in [0.2, 0.25) is 0 Å². The lowest BCUT2D eigenvalue weighted by Gasteiger charge is -2.23. The van der Waals surface area contributed by atoms with Crippen LogP contribution in [0.4, 0.5) is 0 Å². The highest BCUT2D eigenvalue weighted by Crippen LogP contribution is 2.33. The summed E-state index contributed by atoms with van der Waals surface area (Å²) in [4.78, 5) is 5.38. The van der Waals surface area contributed by atoms with Gasteiger partial charge in [-0.1, -0.05) is 78.5 Å². The molecule has 0 aliphatic heterocycles. The summed E-state index contributed by atoms with van der Waals surface area (Å²) in [6.45, 7) is 0.359. The van der Waals surface area contributed by atoms with E-state index in [0.717, 1.165) is 11.1 Å². The van der Waals surface area contributed by atoms with E-state index in [9.17, 15) is 0 Å². The van der Waals surface area contributed by atoms with Crippen molar-refractivity contribution in [2.75, 3.05) is 0 Å². The first-order chi connectivity index (χ1) is 11.3. The highest BCUT2D eigenvalue weighted by atomic mass is 35.5. The summed E-state index contributed by atoms with van der Waals surface area (Å²) in [5, 5.41) is 4.72. The summed E-state index contributed by atoms with van der Waals surface area (Å²) in [6, 6.07) is 16.0. The van der Waals surface area contributed by atoms with Crippen LogP contribution in [0.15, 0.2) is 53.7 Å². The predicted molar refractivity (Wildman–Crippen MR) is 95.0 cm³/mol. The zero-order valence-electron chi connectivity index (χ0n) is 13.2. The molecule has 2 aromatic carbocycles. The van der Waals surface area contributed by atoms with Crippen molar-refractivity contribution in [3.05, 3.63) is 70.2 Å². The molecule has 0 heterocycles. The average Bonchev–Trinajstić information content (AvgIpc) is 2.61. The monoisotopic (exact) mass is 326 g/mol. The van der Waals surface area contributed by atoms with Crippen LogP contribution >= 0.6 is 11.6 Å². The predicted octanol–water partition coefficient (Wildman–Crippen LogP) is 5.82. The fourth-order valence-corrected chi connectivity index (χ4v) is 3.36. The SMILES string of the molecule is Clc1ccccc1CO/N=[C]\c1ccccc1C1CCCCC1. The van der Waals surface area contributed by atoms with E-state index in [0.29, 0.717) is 17.5 Å². The minimum atomic E-state index is 0.359. The molecule has 0 aromatic heterocycles. The normalized spacial score (nSPS) is 15.9. The molecule has 3 rings (SSSR count). The molecule has 0 atom stereocenters. The van der Waals surface area contributed by atoms with E-state index >= 15 is 0 Å². The Morgan fingerprint density at radius 2 is 1.74 bits per heavy atom. The molecule has 1 aliphatic carbocycles. The highest BCUT2D eigenvalue weighted by Gasteiger charge is 2.17. The van der Waals surface area contributed by atoms with Gasteiger partial charge in [0.25, 0.3) is 0 Å². The second kappa shape index (κ2) is 8.16. The third kappa shape index (κ3) is 4.35. The van der Waals surface area contributed by atoms with E-state index in [2.05, 4.69) is 29.6 Å². The maximum Gasteiger partial charge on any atom is 0.143 e. The molecule has 0 bridgehead atoms. The molecule has 0 amide bonds. The van der Waals surface area contributed by atoms with E-state index in [1.54, 1.807) is 0 Å². The number of rotatable bonds is 5. The third-order valence-electron chi connectivity index (χ3n) is 4.41. The van der Waals surface area contributed by atoms with Crippen LogP contribution in [-0.2, 0) is 11.4 Å². The van der Waals surface area contributed by atoms with Crippen LogP contribution < -0.4 is 0 Å². The fourth-order valence-electron chi connectivity index (χ4n) is 3.17. The molecule has 0 spiro atoms. The van der Waals surface area contributed by atoms with Gasteiger partial charge in [-0.2, -0.15) is 0 Å². The smallest absolute Gasteiger partial charge is 0.143 e. The average molecular weight is 327 g/mol. The zero-order chi connectivity index (χ0) is 15.9. The Kier molecular flexibility index (Phi) is 5.71. The summed E-state index contributed by atoms with van der Waals surface area (Å²) in [6.07, 6.45) is 9.58. The van der Waals surface area contributed by atoms with Crippen molar-refractivity contribution in [3.8, 4) is 0 Å². The van der Waals surface area contributed by atoms with Crippen molar-refractivity contribution >= 4 is 17.8 Å². The van der Waals surface area contributed by atoms with Gasteiger partial charge in [-0.05, 0) is 30.4 Å². The summed E-state index contributed by atoms with van der Waals surface area (Å²) in [7, 11) is 0. The van der Waals surface area contributed by atoms with Crippen molar-refractivity contribution in [3.63, 3.8) is 0 Å². The Balaban J connectivity index is 1.64. The standard InChI is InChI=1S/C20H21ClNO/c21-20-13-7-5-11-18(20)15-23-22-14-17-10-4-6-12-19(17)16-8-2-1-3-9-16/h4-7,10-13,16H,1-3,8-9,15H2. The lowest BCUT2D eigenvalue weighted by molar-refractivity contribution is 0.132. The van der Waals surface area contributed by atoms with E-state index < -0.39 is 0 Å². The molecule has 119 valence electrons. The highest BCUT2D eigenvalue weighted by molar-refractivity contribution is 6.31. The summed E-state index contributed by atoms with van der Waals surface area (Å²) < 4.78 is 0. The van der Waals surface area contributed by atoms with Crippen molar-refractivity contribution in [2.45, 2.75) is 44.6 Å². The summed E-state index contributed by atoms with van der Waals surface area (Å²) >= 11 is 6.10. The van der Waals surface area contributed by atoms with Crippen molar-refractivity contribution in [2.24, 2.45) is 5.16 Å². The minimum Gasteiger partial charge on any atom is -0.390 e. The summed E-state index contributed by atoms with van der Waals surface area (Å²) in [5.74, 6) is 0.631. The molecule has 0 N–H and O–H groups in total. The second-order valence-corrected chi connectivity index (χ2v) is 6.40. The minimum absolute atomic E-state index is 0.359. The first-order valence-corrected chi connectivity index (χ1v) is 8.63. The Hall–Kier alpha value is -1.80.